The second kappa shape index (κ2) is 12.2. The number of hydrogen-bond acceptors (Lipinski definition) is 5. The van der Waals surface area contributed by atoms with E-state index in [0.29, 0.717) is 11.5 Å². The number of nitrogens with two attached hydrogens (primary N) is 1. The van der Waals surface area contributed by atoms with E-state index in [1.165, 1.54) is 0 Å². The Hall–Kier alpha value is -3.10. The van der Waals surface area contributed by atoms with Crippen LogP contribution in [-0.4, -0.2) is 35.8 Å². The van der Waals surface area contributed by atoms with E-state index in [-0.39, 0.29) is 40.9 Å². The van der Waals surface area contributed by atoms with Crippen molar-refractivity contribution in [2.45, 2.75) is 20.3 Å². The number of carboxylic acid groups (broad SMARTS) is 1. The van der Waals surface area contributed by atoms with Crippen molar-refractivity contribution in [3.8, 4) is 5.75 Å². The van der Waals surface area contributed by atoms with Gasteiger partial charge >= 0.3 is 5.97 Å². The Morgan fingerprint density at radius 2 is 1.91 bits per heavy atom. The molecule has 10 heteroatoms. The fraction of sp³-hybridized carbons (Fsp3) is 0.261. The van der Waals surface area contributed by atoms with Crippen LogP contribution in [0.25, 0.3) is 0 Å². The molecule has 7 nitrogen and oxygen atoms in total. The van der Waals surface area contributed by atoms with E-state index in [1.54, 1.807) is 0 Å². The van der Waals surface area contributed by atoms with Crippen molar-refractivity contribution in [3.63, 3.8) is 0 Å². The highest BCUT2D eigenvalue weighted by Gasteiger charge is 2.23. The molecule has 1 amide bonds. The predicted molar refractivity (Wildman–Crippen MR) is 128 cm³/mol. The number of para-hydroxylation sites is 1. The number of amides is 1. The van der Waals surface area contributed by atoms with Gasteiger partial charge in [-0.3, -0.25) is 14.6 Å². The highest BCUT2D eigenvalue weighted by atomic mass is 35.5. The van der Waals surface area contributed by atoms with Gasteiger partial charge in [0.1, 0.15) is 12.4 Å². The number of halogens is 3. The van der Waals surface area contributed by atoms with Crippen molar-refractivity contribution in [2.24, 2.45) is 16.6 Å². The maximum absolute atomic E-state index is 14.6. The maximum Gasteiger partial charge on any atom is 0.307 e. The molecule has 0 spiro atoms. The van der Waals surface area contributed by atoms with Crippen LogP contribution in [0.5, 0.6) is 5.75 Å². The predicted octanol–water partition coefficient (Wildman–Crippen LogP) is 4.72. The molecule has 2 aromatic rings. The first kappa shape index (κ1) is 26.2. The topological polar surface area (TPSA) is 114 Å². The molecule has 0 aliphatic heterocycles. The van der Waals surface area contributed by atoms with Gasteiger partial charge in [-0.15, -0.1) is 0 Å². The van der Waals surface area contributed by atoms with Crippen molar-refractivity contribution in [1.29, 1.82) is 0 Å². The van der Waals surface area contributed by atoms with Gasteiger partial charge in [0.25, 0.3) is 5.91 Å². The first-order valence-corrected chi connectivity index (χ1v) is 10.7. The third kappa shape index (κ3) is 7.20. The first-order chi connectivity index (χ1) is 15.6. The third-order valence-electron chi connectivity index (χ3n) is 4.43. The molecule has 176 valence electrons. The Morgan fingerprint density at radius 3 is 2.48 bits per heavy atom. The average Bonchev–Trinajstić information content (AvgIpc) is 2.77. The molecule has 0 fully saturated rings. The number of benzene rings is 2. The number of rotatable bonds is 10. The number of ether oxygens (including phenoxy) is 1. The van der Waals surface area contributed by atoms with E-state index in [0.717, 1.165) is 12.3 Å². The quantitative estimate of drug-likeness (QED) is 0.191. The highest BCUT2D eigenvalue weighted by Crippen LogP contribution is 2.34. The van der Waals surface area contributed by atoms with Crippen LogP contribution in [0.1, 0.15) is 19.4 Å². The minimum absolute atomic E-state index is 0.0370. The van der Waals surface area contributed by atoms with E-state index >= 15 is 0 Å². The molecule has 0 radical (unpaired) electrons. The van der Waals surface area contributed by atoms with Crippen LogP contribution in [0, 0.1) is 11.7 Å². The fourth-order valence-electron chi connectivity index (χ4n) is 2.93. The van der Waals surface area contributed by atoms with Gasteiger partial charge in [0.05, 0.1) is 40.0 Å². The number of aliphatic imine (C=N–C) groups is 1. The summed E-state index contributed by atoms with van der Waals surface area (Å²) < 4.78 is 20.2. The molecular weight excluding hydrogens is 472 g/mol. The number of hydrogen-bond donors (Lipinski definition) is 3. The molecule has 0 heterocycles. The van der Waals surface area contributed by atoms with Gasteiger partial charge in [0.2, 0.25) is 0 Å². The van der Waals surface area contributed by atoms with Gasteiger partial charge in [-0.2, -0.15) is 0 Å². The summed E-state index contributed by atoms with van der Waals surface area (Å²) in [4.78, 5) is 28.4. The number of anilines is 1. The Kier molecular flexibility index (Phi) is 9.69. The van der Waals surface area contributed by atoms with Gasteiger partial charge < -0.3 is 20.9 Å². The molecule has 0 aromatic heterocycles. The van der Waals surface area contributed by atoms with Crippen LogP contribution in [0.4, 0.5) is 10.1 Å². The highest BCUT2D eigenvalue weighted by molar-refractivity contribution is 6.43. The van der Waals surface area contributed by atoms with E-state index in [2.05, 4.69) is 10.3 Å². The van der Waals surface area contributed by atoms with Crippen molar-refractivity contribution in [3.05, 3.63) is 69.6 Å². The number of nitrogens with zero attached hydrogens (tertiary/aromatic N) is 1. The lowest BCUT2D eigenvalue weighted by Gasteiger charge is -2.16. The summed E-state index contributed by atoms with van der Waals surface area (Å²) >= 11 is 11.8. The lowest BCUT2D eigenvalue weighted by atomic mass is 9.99. The van der Waals surface area contributed by atoms with E-state index in [4.69, 9.17) is 38.8 Å². The zero-order chi connectivity index (χ0) is 24.5. The fourth-order valence-corrected chi connectivity index (χ4v) is 3.36. The monoisotopic (exact) mass is 495 g/mol. The molecule has 33 heavy (non-hydrogen) atoms. The van der Waals surface area contributed by atoms with Gasteiger partial charge in [-0.1, -0.05) is 55.2 Å². The molecule has 0 saturated heterocycles. The summed E-state index contributed by atoms with van der Waals surface area (Å²) in [6, 6.07) is 10.3. The van der Waals surface area contributed by atoms with Crippen molar-refractivity contribution >= 4 is 46.5 Å². The molecule has 4 N–H and O–H groups in total. The SMILES string of the molecule is CC(C)C(=NCCOc1ccccc1)C(=CN)C(=O)Nc1cc(CC(=O)O)c(Cl)c(Cl)c1F. The summed E-state index contributed by atoms with van der Waals surface area (Å²) in [5.74, 6) is -2.39. The number of aliphatic carboxylic acids is 1. The smallest absolute Gasteiger partial charge is 0.307 e. The lowest BCUT2D eigenvalue weighted by Crippen LogP contribution is -2.26. The Balaban J connectivity index is 2.21. The summed E-state index contributed by atoms with van der Waals surface area (Å²) in [7, 11) is 0. The van der Waals surface area contributed by atoms with Crippen molar-refractivity contribution in [2.75, 3.05) is 18.5 Å². The second-order valence-electron chi connectivity index (χ2n) is 7.21. The molecule has 2 rings (SSSR count). The Bertz CT molecular complexity index is 1070. The lowest BCUT2D eigenvalue weighted by molar-refractivity contribution is -0.136. The summed E-state index contributed by atoms with van der Waals surface area (Å²) in [5.41, 5.74) is 5.87. The molecule has 0 aliphatic carbocycles. The van der Waals surface area contributed by atoms with E-state index in [1.807, 2.05) is 44.2 Å². The van der Waals surface area contributed by atoms with Crippen LogP contribution in [0.15, 0.2) is 53.2 Å². The molecule has 0 aliphatic rings. The van der Waals surface area contributed by atoms with E-state index in [9.17, 15) is 14.0 Å². The van der Waals surface area contributed by atoms with Crippen LogP contribution in [0.2, 0.25) is 10.0 Å². The van der Waals surface area contributed by atoms with Crippen LogP contribution in [0.3, 0.4) is 0 Å². The molecular formula is C23H24Cl2FN3O4. The van der Waals surface area contributed by atoms with Gasteiger partial charge in [0.15, 0.2) is 5.82 Å². The molecule has 0 atom stereocenters. The molecule has 0 bridgehead atoms. The zero-order valence-corrected chi connectivity index (χ0v) is 19.6. The van der Waals surface area contributed by atoms with Crippen LogP contribution in [-0.2, 0) is 16.0 Å². The molecule has 0 saturated carbocycles. The number of carbonyl (C=O) groups is 2. The number of carbonyl (C=O) groups excluding carboxylic acids is 1. The van der Waals surface area contributed by atoms with Gasteiger partial charge in [-0.25, -0.2) is 4.39 Å². The zero-order valence-electron chi connectivity index (χ0n) is 18.1. The Labute approximate surface area is 201 Å². The number of nitrogens with one attached hydrogen (secondary N) is 1. The van der Waals surface area contributed by atoms with Gasteiger partial charge in [-0.05, 0) is 29.7 Å². The largest absolute Gasteiger partial charge is 0.492 e. The van der Waals surface area contributed by atoms with Crippen molar-refractivity contribution < 1.29 is 23.8 Å². The summed E-state index contributed by atoms with van der Waals surface area (Å²) in [5, 5.41) is 10.7. The standard InChI is InChI=1S/C23H24Cl2FN3O4/c1-13(2)22(28-8-9-33-15-6-4-3-5-7-15)16(12-27)23(32)29-17-10-14(11-18(30)31)19(24)20(25)21(17)26/h3-7,10,12-13H,8-9,11,27H2,1-2H3,(H,29,32)(H,30,31). The van der Waals surface area contributed by atoms with E-state index < -0.39 is 29.1 Å². The normalized spacial score (nSPS) is 12.1. The average molecular weight is 496 g/mol. The maximum atomic E-state index is 14.6. The third-order valence-corrected chi connectivity index (χ3v) is 5.32. The minimum Gasteiger partial charge on any atom is -0.492 e. The van der Waals surface area contributed by atoms with Crippen molar-refractivity contribution in [1.82, 2.24) is 0 Å². The van der Waals surface area contributed by atoms with Gasteiger partial charge in [0, 0.05) is 6.20 Å². The molecule has 0 unspecified atom stereocenters. The summed E-state index contributed by atoms with van der Waals surface area (Å²) in [6.07, 6.45) is 0.585. The first-order valence-electron chi connectivity index (χ1n) is 9.99. The number of carboxylic acids is 1. The second-order valence-corrected chi connectivity index (χ2v) is 7.97. The molecule has 2 aromatic carbocycles. The summed E-state index contributed by atoms with van der Waals surface area (Å²) in [6.45, 7) is 4.20. The Morgan fingerprint density at radius 1 is 1.24 bits per heavy atom. The van der Waals surface area contributed by atoms with Crippen LogP contribution < -0.4 is 15.8 Å². The minimum atomic E-state index is -1.19. The van der Waals surface area contributed by atoms with Crippen LogP contribution >= 0.6 is 23.2 Å².